The highest BCUT2D eigenvalue weighted by molar-refractivity contribution is 5.90. The fourth-order valence-electron chi connectivity index (χ4n) is 4.08. The first-order chi connectivity index (χ1) is 18.3. The molecule has 38 heavy (non-hydrogen) atoms. The zero-order valence-electron chi connectivity index (χ0n) is 24.4. The van der Waals surface area contributed by atoms with E-state index in [1.807, 2.05) is 102 Å². The van der Waals surface area contributed by atoms with Crippen LogP contribution in [0.2, 0.25) is 0 Å². The summed E-state index contributed by atoms with van der Waals surface area (Å²) in [7, 11) is 0. The Labute approximate surface area is 229 Å². The second kappa shape index (κ2) is 14.2. The Balaban J connectivity index is 0.000000391. The number of fused-ring (bicyclic) bond motifs is 2. The van der Waals surface area contributed by atoms with Gasteiger partial charge >= 0.3 is 5.97 Å². The molecule has 0 fully saturated rings. The Morgan fingerprint density at radius 3 is 1.71 bits per heavy atom. The van der Waals surface area contributed by atoms with Crippen molar-refractivity contribution in [3.8, 4) is 11.5 Å². The van der Waals surface area contributed by atoms with Gasteiger partial charge in [-0.2, -0.15) is 0 Å². The van der Waals surface area contributed by atoms with Crippen LogP contribution in [0.5, 0.6) is 11.5 Å². The van der Waals surface area contributed by atoms with Gasteiger partial charge in [-0.3, -0.25) is 0 Å². The molecule has 4 aromatic rings. The van der Waals surface area contributed by atoms with Crippen LogP contribution in [0, 0.1) is 27.7 Å². The smallest absolute Gasteiger partial charge is 0.339 e. The predicted molar refractivity (Wildman–Crippen MR) is 159 cm³/mol. The zero-order chi connectivity index (χ0) is 28.3. The van der Waals surface area contributed by atoms with Gasteiger partial charge in [-0.1, -0.05) is 93.9 Å². The summed E-state index contributed by atoms with van der Waals surface area (Å²) >= 11 is 0. The third-order valence-corrected chi connectivity index (χ3v) is 6.23. The molecule has 1 heterocycles. The first-order valence-corrected chi connectivity index (χ1v) is 13.5. The van der Waals surface area contributed by atoms with E-state index in [4.69, 9.17) is 9.47 Å². The molecule has 4 aromatic carbocycles. The lowest BCUT2D eigenvalue weighted by molar-refractivity contribution is 0.00279. The first-order valence-electron chi connectivity index (χ1n) is 13.5. The standard InChI is InChI=1S/C24H22O3.C7H8.2C2H6/c1-15-10-11-19-21(12-15)26-22-14-17(3)16(2)13-20(22)24(19,4)27-23(25)18-8-6-5-7-9-18;1-7-5-3-2-4-6-7;2*1-2/h5-14H,1-4H3;2-6H,1H3;2*1-2H3. The maximum atomic E-state index is 12.9. The minimum atomic E-state index is -0.929. The number of rotatable bonds is 2. The summed E-state index contributed by atoms with van der Waals surface area (Å²) in [5.74, 6) is 1.12. The first kappa shape index (κ1) is 30.4. The minimum Gasteiger partial charge on any atom is -0.456 e. The van der Waals surface area contributed by atoms with Gasteiger partial charge in [-0.25, -0.2) is 4.79 Å². The molecule has 0 bridgehead atoms. The third-order valence-electron chi connectivity index (χ3n) is 6.23. The summed E-state index contributed by atoms with van der Waals surface area (Å²) in [4.78, 5) is 12.9. The molecule has 0 amide bonds. The maximum Gasteiger partial charge on any atom is 0.339 e. The molecule has 200 valence electrons. The molecule has 0 saturated carbocycles. The number of aryl methyl sites for hydroxylation is 4. The van der Waals surface area contributed by atoms with Crippen molar-refractivity contribution in [2.24, 2.45) is 0 Å². The molecular formula is C35H42O3. The van der Waals surface area contributed by atoms with E-state index in [1.54, 1.807) is 12.1 Å². The van der Waals surface area contributed by atoms with E-state index in [2.05, 4.69) is 39.0 Å². The Bertz CT molecular complexity index is 1310. The number of carbonyl (C=O) groups is 1. The van der Waals surface area contributed by atoms with Crippen molar-refractivity contribution in [2.75, 3.05) is 0 Å². The molecule has 0 aliphatic carbocycles. The van der Waals surface area contributed by atoms with Gasteiger partial charge in [0.1, 0.15) is 11.5 Å². The van der Waals surface area contributed by atoms with Crippen LogP contribution in [0.15, 0.2) is 91.0 Å². The van der Waals surface area contributed by atoms with Crippen LogP contribution in [0.25, 0.3) is 0 Å². The lowest BCUT2D eigenvalue weighted by atomic mass is 9.83. The van der Waals surface area contributed by atoms with E-state index in [1.165, 1.54) is 5.56 Å². The third kappa shape index (κ3) is 7.13. The molecule has 1 unspecified atom stereocenters. The molecule has 0 radical (unpaired) electrons. The highest BCUT2D eigenvalue weighted by atomic mass is 16.6. The molecule has 5 rings (SSSR count). The average Bonchev–Trinajstić information content (AvgIpc) is 2.93. The molecule has 0 spiro atoms. The summed E-state index contributed by atoms with van der Waals surface area (Å²) in [6, 6.07) is 29.4. The zero-order valence-corrected chi connectivity index (χ0v) is 24.4. The van der Waals surface area contributed by atoms with Crippen molar-refractivity contribution in [3.05, 3.63) is 130 Å². The number of hydrogen-bond acceptors (Lipinski definition) is 3. The average molecular weight is 511 g/mol. The highest BCUT2D eigenvalue weighted by Crippen LogP contribution is 2.50. The minimum absolute atomic E-state index is 0.351. The van der Waals surface area contributed by atoms with Gasteiger partial charge in [0.15, 0.2) is 5.60 Å². The number of ether oxygens (including phenoxy) is 2. The second-order valence-electron chi connectivity index (χ2n) is 8.98. The Morgan fingerprint density at radius 2 is 1.16 bits per heavy atom. The number of hydrogen-bond donors (Lipinski definition) is 0. The summed E-state index contributed by atoms with van der Waals surface area (Å²) in [6.07, 6.45) is 0. The van der Waals surface area contributed by atoms with Crippen LogP contribution in [-0.4, -0.2) is 5.97 Å². The Morgan fingerprint density at radius 1 is 0.632 bits per heavy atom. The van der Waals surface area contributed by atoms with Crippen molar-refractivity contribution in [3.63, 3.8) is 0 Å². The van der Waals surface area contributed by atoms with Gasteiger partial charge in [-0.15, -0.1) is 0 Å². The molecule has 0 saturated heterocycles. The summed E-state index contributed by atoms with van der Waals surface area (Å²) < 4.78 is 12.3. The van der Waals surface area contributed by atoms with Gasteiger partial charge < -0.3 is 9.47 Å². The van der Waals surface area contributed by atoms with Crippen molar-refractivity contribution < 1.29 is 14.3 Å². The van der Waals surface area contributed by atoms with E-state index < -0.39 is 5.60 Å². The molecule has 0 aromatic heterocycles. The lowest BCUT2D eigenvalue weighted by Crippen LogP contribution is -2.34. The van der Waals surface area contributed by atoms with Gasteiger partial charge in [0, 0.05) is 11.1 Å². The van der Waals surface area contributed by atoms with Crippen molar-refractivity contribution in [2.45, 2.75) is 67.9 Å². The fraction of sp³-hybridized carbons (Fsp3) is 0.286. The maximum absolute atomic E-state index is 12.9. The van der Waals surface area contributed by atoms with Crippen LogP contribution in [-0.2, 0) is 10.3 Å². The van der Waals surface area contributed by atoms with Crippen LogP contribution < -0.4 is 4.74 Å². The molecular weight excluding hydrogens is 468 g/mol. The number of benzene rings is 4. The highest BCUT2D eigenvalue weighted by Gasteiger charge is 2.42. The molecule has 1 aliphatic rings. The van der Waals surface area contributed by atoms with Crippen LogP contribution >= 0.6 is 0 Å². The Hall–Kier alpha value is -3.85. The molecule has 1 atom stereocenters. The van der Waals surface area contributed by atoms with E-state index >= 15 is 0 Å². The number of carbonyl (C=O) groups excluding carboxylic acids is 1. The van der Waals surface area contributed by atoms with Crippen molar-refractivity contribution >= 4 is 5.97 Å². The topological polar surface area (TPSA) is 35.5 Å². The quantitative estimate of drug-likeness (QED) is 0.252. The molecule has 3 heteroatoms. The van der Waals surface area contributed by atoms with Crippen LogP contribution in [0.4, 0.5) is 0 Å². The Kier molecular flexibility index (Phi) is 11.3. The summed E-state index contributed by atoms with van der Waals surface area (Å²) in [6.45, 7) is 18.2. The van der Waals surface area contributed by atoms with Gasteiger partial charge in [0.2, 0.25) is 0 Å². The second-order valence-corrected chi connectivity index (χ2v) is 8.98. The van der Waals surface area contributed by atoms with Crippen molar-refractivity contribution in [1.82, 2.24) is 0 Å². The van der Waals surface area contributed by atoms with E-state index in [0.29, 0.717) is 5.56 Å². The van der Waals surface area contributed by atoms with Gasteiger partial charge in [-0.05, 0) is 81.6 Å². The van der Waals surface area contributed by atoms with Crippen LogP contribution in [0.1, 0.15) is 78.4 Å². The lowest BCUT2D eigenvalue weighted by Gasteiger charge is -2.37. The molecule has 3 nitrogen and oxygen atoms in total. The molecule has 0 N–H and O–H groups in total. The monoisotopic (exact) mass is 510 g/mol. The summed E-state index contributed by atoms with van der Waals surface area (Å²) in [5.41, 5.74) is 6.02. The predicted octanol–water partition coefficient (Wildman–Crippen LogP) is 9.89. The molecule has 1 aliphatic heterocycles. The SMILES string of the molecule is CC.CC.Cc1ccc2c(c1)Oc1cc(C)c(C)cc1C2(C)OC(=O)c1ccccc1.Cc1ccccc1. The number of esters is 1. The van der Waals surface area contributed by atoms with E-state index in [9.17, 15) is 4.79 Å². The van der Waals surface area contributed by atoms with Gasteiger partial charge in [0.25, 0.3) is 0 Å². The normalized spacial score (nSPS) is 14.3. The van der Waals surface area contributed by atoms with Gasteiger partial charge in [0.05, 0.1) is 5.56 Å². The van der Waals surface area contributed by atoms with E-state index in [0.717, 1.165) is 39.3 Å². The fourth-order valence-corrected chi connectivity index (χ4v) is 4.08. The van der Waals surface area contributed by atoms with Crippen molar-refractivity contribution in [1.29, 1.82) is 0 Å². The van der Waals surface area contributed by atoms with Crippen LogP contribution in [0.3, 0.4) is 0 Å². The van der Waals surface area contributed by atoms with E-state index in [-0.39, 0.29) is 5.97 Å². The summed E-state index contributed by atoms with van der Waals surface area (Å²) in [5, 5.41) is 0. The largest absolute Gasteiger partial charge is 0.456 e.